The number of aryl methyl sites for hydroxylation is 1. The molecule has 0 aliphatic carbocycles. The number of carbonyl (C=O) groups is 2. The summed E-state index contributed by atoms with van der Waals surface area (Å²) >= 11 is 0. The summed E-state index contributed by atoms with van der Waals surface area (Å²) in [6, 6.07) is 16.4. The van der Waals surface area contributed by atoms with E-state index in [0.29, 0.717) is 22.7 Å². The third-order valence-corrected chi connectivity index (χ3v) is 4.13. The van der Waals surface area contributed by atoms with Crippen LogP contribution >= 0.6 is 0 Å². The second kappa shape index (κ2) is 9.45. The summed E-state index contributed by atoms with van der Waals surface area (Å²) in [5, 5.41) is 5.28. The lowest BCUT2D eigenvalue weighted by Crippen LogP contribution is -2.33. The van der Waals surface area contributed by atoms with Gasteiger partial charge in [0.1, 0.15) is 18.1 Å². The molecule has 1 aromatic heterocycles. The number of benzene rings is 2. The number of anilines is 1. The van der Waals surface area contributed by atoms with Gasteiger partial charge in [0.05, 0.1) is 25.6 Å². The molecule has 3 aromatic rings. The average molecular weight is 394 g/mol. The lowest BCUT2D eigenvalue weighted by molar-refractivity contribution is -0.115. The lowest BCUT2D eigenvalue weighted by atomic mass is 10.2. The van der Waals surface area contributed by atoms with Crippen LogP contribution in [0.1, 0.15) is 21.7 Å². The topological polar surface area (TPSA) is 89.8 Å². The van der Waals surface area contributed by atoms with Gasteiger partial charge in [0.25, 0.3) is 5.91 Å². The van der Waals surface area contributed by atoms with Gasteiger partial charge >= 0.3 is 0 Å². The summed E-state index contributed by atoms with van der Waals surface area (Å²) in [6.07, 6.45) is 1.41. The Balaban J connectivity index is 1.55. The molecule has 0 aliphatic rings. The van der Waals surface area contributed by atoms with Crippen molar-refractivity contribution in [2.45, 2.75) is 13.5 Å². The molecule has 0 saturated carbocycles. The van der Waals surface area contributed by atoms with Crippen LogP contribution in [0.3, 0.4) is 0 Å². The Bertz CT molecular complexity index is 982. The fourth-order valence-electron chi connectivity index (χ4n) is 2.68. The van der Waals surface area contributed by atoms with E-state index >= 15 is 0 Å². The molecule has 150 valence electrons. The number of methoxy groups -OCH3 is 1. The van der Waals surface area contributed by atoms with Gasteiger partial charge in [-0.2, -0.15) is 0 Å². The highest BCUT2D eigenvalue weighted by Crippen LogP contribution is 2.25. The van der Waals surface area contributed by atoms with Crippen LogP contribution in [-0.4, -0.2) is 25.5 Å². The number of para-hydroxylation sites is 1. The van der Waals surface area contributed by atoms with Crippen LogP contribution < -0.4 is 20.1 Å². The average Bonchev–Trinajstić information content (AvgIpc) is 3.20. The van der Waals surface area contributed by atoms with Gasteiger partial charge in [0.15, 0.2) is 5.76 Å². The highest BCUT2D eigenvalue weighted by Gasteiger charge is 2.17. The molecule has 7 nitrogen and oxygen atoms in total. The highest BCUT2D eigenvalue weighted by molar-refractivity contribution is 5.99. The first-order valence-electron chi connectivity index (χ1n) is 9.03. The molecule has 0 aliphatic heterocycles. The number of nitrogens with one attached hydrogen (secondary N) is 2. The van der Waals surface area contributed by atoms with Crippen molar-refractivity contribution in [1.82, 2.24) is 5.32 Å². The van der Waals surface area contributed by atoms with E-state index in [1.54, 1.807) is 18.2 Å². The van der Waals surface area contributed by atoms with Crippen LogP contribution in [0.2, 0.25) is 0 Å². The van der Waals surface area contributed by atoms with Crippen molar-refractivity contribution in [3.05, 3.63) is 77.7 Å². The van der Waals surface area contributed by atoms with E-state index < -0.39 is 5.91 Å². The molecule has 29 heavy (non-hydrogen) atoms. The summed E-state index contributed by atoms with van der Waals surface area (Å²) in [5.74, 6) is 0.471. The van der Waals surface area contributed by atoms with E-state index in [2.05, 4.69) is 10.6 Å². The van der Waals surface area contributed by atoms with Gasteiger partial charge in [-0.05, 0) is 42.8 Å². The van der Waals surface area contributed by atoms with E-state index in [1.165, 1.54) is 13.4 Å². The van der Waals surface area contributed by atoms with Gasteiger partial charge in [-0.15, -0.1) is 0 Å². The third-order valence-electron chi connectivity index (χ3n) is 4.13. The van der Waals surface area contributed by atoms with Crippen molar-refractivity contribution in [3.8, 4) is 11.5 Å². The molecule has 0 unspecified atom stereocenters. The number of rotatable bonds is 8. The predicted molar refractivity (Wildman–Crippen MR) is 108 cm³/mol. The fourth-order valence-corrected chi connectivity index (χ4v) is 2.68. The van der Waals surface area contributed by atoms with Crippen LogP contribution in [0, 0.1) is 6.92 Å². The largest absolute Gasteiger partial charge is 0.495 e. The molecular formula is C22H22N2O5. The Labute approximate surface area is 168 Å². The van der Waals surface area contributed by atoms with Gasteiger partial charge in [0.2, 0.25) is 5.91 Å². The summed E-state index contributed by atoms with van der Waals surface area (Å²) in [4.78, 5) is 24.6. The van der Waals surface area contributed by atoms with Gasteiger partial charge in [-0.1, -0.05) is 24.3 Å². The van der Waals surface area contributed by atoms with Crippen molar-refractivity contribution in [3.63, 3.8) is 0 Å². The Kier molecular flexibility index (Phi) is 6.52. The minimum Gasteiger partial charge on any atom is -0.495 e. The normalized spacial score (nSPS) is 10.3. The Hall–Kier alpha value is -3.74. The maximum atomic E-state index is 12.4. The number of carbonyl (C=O) groups excluding carboxylic acids is 2. The first-order chi connectivity index (χ1) is 14.1. The van der Waals surface area contributed by atoms with Crippen LogP contribution in [0.4, 0.5) is 5.69 Å². The van der Waals surface area contributed by atoms with E-state index in [-0.39, 0.29) is 24.8 Å². The van der Waals surface area contributed by atoms with Crippen molar-refractivity contribution in [1.29, 1.82) is 0 Å². The van der Waals surface area contributed by atoms with Crippen molar-refractivity contribution in [2.75, 3.05) is 19.0 Å². The second-order valence-corrected chi connectivity index (χ2v) is 6.31. The van der Waals surface area contributed by atoms with Crippen LogP contribution in [-0.2, 0) is 11.4 Å². The smallest absolute Gasteiger partial charge is 0.287 e. The zero-order chi connectivity index (χ0) is 20.6. The Morgan fingerprint density at radius 2 is 1.86 bits per heavy atom. The van der Waals surface area contributed by atoms with Crippen molar-refractivity contribution >= 4 is 17.5 Å². The molecule has 0 radical (unpaired) electrons. The molecule has 2 N–H and O–H groups in total. The van der Waals surface area contributed by atoms with E-state index in [0.717, 1.165) is 5.56 Å². The fraction of sp³-hybridized carbons (Fsp3) is 0.182. The maximum absolute atomic E-state index is 12.4. The van der Waals surface area contributed by atoms with Gasteiger partial charge in [-0.25, -0.2) is 0 Å². The van der Waals surface area contributed by atoms with Crippen molar-refractivity contribution in [2.24, 2.45) is 0 Å². The SMILES string of the molecule is COc1ccc(C)cc1NC(=O)CNC(=O)c1occc1COc1ccccc1. The molecule has 7 heteroatoms. The standard InChI is InChI=1S/C22H22N2O5/c1-15-8-9-19(27-2)18(12-15)24-20(25)13-23-22(26)21-16(10-11-28-21)14-29-17-6-4-3-5-7-17/h3-12H,13-14H2,1-2H3,(H,23,26)(H,24,25). The maximum Gasteiger partial charge on any atom is 0.287 e. The monoisotopic (exact) mass is 394 g/mol. The molecular weight excluding hydrogens is 372 g/mol. The quantitative estimate of drug-likeness (QED) is 0.610. The van der Waals surface area contributed by atoms with E-state index in [4.69, 9.17) is 13.9 Å². The number of furan rings is 1. The first-order valence-corrected chi connectivity index (χ1v) is 9.03. The summed E-state index contributed by atoms with van der Waals surface area (Å²) < 4.78 is 16.2. The number of hydrogen-bond donors (Lipinski definition) is 2. The highest BCUT2D eigenvalue weighted by atomic mass is 16.5. The second-order valence-electron chi connectivity index (χ2n) is 6.31. The molecule has 2 amide bonds. The minimum absolute atomic E-state index is 0.113. The first kappa shape index (κ1) is 20.0. The Morgan fingerprint density at radius 3 is 2.62 bits per heavy atom. The zero-order valence-corrected chi connectivity index (χ0v) is 16.2. The van der Waals surface area contributed by atoms with Crippen LogP contribution in [0.15, 0.2) is 65.3 Å². The molecule has 2 aromatic carbocycles. The predicted octanol–water partition coefficient (Wildman–Crippen LogP) is 3.54. The summed E-state index contributed by atoms with van der Waals surface area (Å²) in [6.45, 7) is 1.87. The molecule has 0 saturated heterocycles. The van der Waals surface area contributed by atoms with Gasteiger partial charge < -0.3 is 24.5 Å². The third kappa shape index (κ3) is 5.38. The number of hydrogen-bond acceptors (Lipinski definition) is 5. The summed E-state index contributed by atoms with van der Waals surface area (Å²) in [7, 11) is 1.53. The van der Waals surface area contributed by atoms with Gasteiger partial charge in [-0.3, -0.25) is 9.59 Å². The molecule has 1 heterocycles. The van der Waals surface area contributed by atoms with Gasteiger partial charge in [0, 0.05) is 5.56 Å². The zero-order valence-electron chi connectivity index (χ0n) is 16.2. The number of amides is 2. The van der Waals surface area contributed by atoms with Crippen molar-refractivity contribution < 1.29 is 23.5 Å². The van der Waals surface area contributed by atoms with Crippen LogP contribution in [0.25, 0.3) is 0 Å². The molecule has 0 spiro atoms. The minimum atomic E-state index is -0.493. The lowest BCUT2D eigenvalue weighted by Gasteiger charge is -2.11. The Morgan fingerprint density at radius 1 is 1.07 bits per heavy atom. The van der Waals surface area contributed by atoms with E-state index in [9.17, 15) is 9.59 Å². The summed E-state index contributed by atoms with van der Waals surface area (Å²) in [5.41, 5.74) is 2.11. The molecule has 3 rings (SSSR count). The van der Waals surface area contributed by atoms with E-state index in [1.807, 2.05) is 43.3 Å². The molecule has 0 atom stereocenters. The van der Waals surface area contributed by atoms with Crippen LogP contribution in [0.5, 0.6) is 11.5 Å². The molecule has 0 bridgehead atoms. The number of ether oxygens (including phenoxy) is 2. The molecule has 0 fully saturated rings.